The van der Waals surface area contributed by atoms with Gasteiger partial charge in [0, 0.05) is 6.07 Å². The fourth-order valence-electron chi connectivity index (χ4n) is 0.818. The molecule has 0 aliphatic carbocycles. The molecule has 0 amide bonds. The minimum Gasteiger partial charge on any atom is -0.504 e. The van der Waals surface area contributed by atoms with Crippen molar-refractivity contribution in [1.82, 2.24) is 0 Å². The van der Waals surface area contributed by atoms with E-state index in [1.807, 2.05) is 0 Å². The van der Waals surface area contributed by atoms with E-state index in [1.165, 1.54) is 31.6 Å². The van der Waals surface area contributed by atoms with E-state index in [0.717, 1.165) is 6.07 Å². The van der Waals surface area contributed by atoms with Crippen molar-refractivity contribution < 1.29 is 13.5 Å². The SMILES string of the molecule is CO/C=C\c1cc(F)cc(F)c1. The quantitative estimate of drug-likeness (QED) is 0.620. The van der Waals surface area contributed by atoms with Crippen molar-refractivity contribution >= 4 is 6.08 Å². The lowest BCUT2D eigenvalue weighted by Gasteiger charge is -1.94. The average Bonchev–Trinajstić information content (AvgIpc) is 1.99. The van der Waals surface area contributed by atoms with Gasteiger partial charge < -0.3 is 4.74 Å². The fourth-order valence-corrected chi connectivity index (χ4v) is 0.818. The predicted octanol–water partition coefficient (Wildman–Crippen LogP) is 2.58. The van der Waals surface area contributed by atoms with E-state index in [1.54, 1.807) is 0 Å². The fraction of sp³-hybridized carbons (Fsp3) is 0.111. The minimum absolute atomic E-state index is 0.439. The van der Waals surface area contributed by atoms with Crippen molar-refractivity contribution in [3.63, 3.8) is 0 Å². The first-order chi connectivity index (χ1) is 5.72. The van der Waals surface area contributed by atoms with Gasteiger partial charge in [-0.3, -0.25) is 0 Å². The van der Waals surface area contributed by atoms with Crippen molar-refractivity contribution in [2.45, 2.75) is 0 Å². The van der Waals surface area contributed by atoms with E-state index in [9.17, 15) is 8.78 Å². The van der Waals surface area contributed by atoms with E-state index in [4.69, 9.17) is 0 Å². The van der Waals surface area contributed by atoms with Crippen LogP contribution in [0.25, 0.3) is 6.08 Å². The van der Waals surface area contributed by atoms with Crippen LogP contribution in [0.3, 0.4) is 0 Å². The number of ether oxygens (including phenoxy) is 1. The summed E-state index contributed by atoms with van der Waals surface area (Å²) < 4.78 is 29.7. The highest BCUT2D eigenvalue weighted by atomic mass is 19.1. The molecule has 0 spiro atoms. The number of hydrogen-bond donors (Lipinski definition) is 0. The lowest BCUT2D eigenvalue weighted by atomic mass is 10.2. The van der Waals surface area contributed by atoms with Crippen LogP contribution < -0.4 is 0 Å². The molecule has 1 aromatic carbocycles. The Kier molecular flexibility index (Phi) is 2.80. The summed E-state index contributed by atoms with van der Waals surface area (Å²) in [5, 5.41) is 0. The number of benzene rings is 1. The van der Waals surface area contributed by atoms with Crippen LogP contribution in [0.15, 0.2) is 24.5 Å². The maximum atomic E-state index is 12.5. The molecule has 0 fully saturated rings. The van der Waals surface area contributed by atoms with Gasteiger partial charge in [-0.25, -0.2) is 8.78 Å². The summed E-state index contributed by atoms with van der Waals surface area (Å²) in [7, 11) is 1.46. The summed E-state index contributed by atoms with van der Waals surface area (Å²) in [4.78, 5) is 0. The second-order valence-corrected chi connectivity index (χ2v) is 2.24. The molecule has 0 bridgehead atoms. The average molecular weight is 170 g/mol. The zero-order valence-electron chi connectivity index (χ0n) is 6.55. The number of halogens is 2. The molecule has 0 aromatic heterocycles. The molecule has 12 heavy (non-hydrogen) atoms. The number of hydrogen-bond acceptors (Lipinski definition) is 1. The molecule has 64 valence electrons. The van der Waals surface area contributed by atoms with Crippen LogP contribution in [-0.2, 0) is 4.74 Å². The number of rotatable bonds is 2. The largest absolute Gasteiger partial charge is 0.504 e. The van der Waals surface area contributed by atoms with Crippen LogP contribution >= 0.6 is 0 Å². The van der Waals surface area contributed by atoms with Gasteiger partial charge in [0.05, 0.1) is 13.4 Å². The Balaban J connectivity index is 2.93. The van der Waals surface area contributed by atoms with Crippen molar-refractivity contribution in [2.24, 2.45) is 0 Å². The van der Waals surface area contributed by atoms with Gasteiger partial charge in [-0.15, -0.1) is 0 Å². The van der Waals surface area contributed by atoms with E-state index in [0.29, 0.717) is 5.56 Å². The predicted molar refractivity (Wildman–Crippen MR) is 42.4 cm³/mol. The molecule has 3 heteroatoms. The Morgan fingerprint density at radius 2 is 1.75 bits per heavy atom. The highest BCUT2D eigenvalue weighted by Gasteiger charge is 1.96. The Morgan fingerprint density at radius 1 is 1.17 bits per heavy atom. The van der Waals surface area contributed by atoms with Gasteiger partial charge in [-0.05, 0) is 23.8 Å². The molecule has 0 radical (unpaired) electrons. The van der Waals surface area contributed by atoms with Crippen molar-refractivity contribution in [3.8, 4) is 0 Å². The highest BCUT2D eigenvalue weighted by Crippen LogP contribution is 2.09. The number of methoxy groups -OCH3 is 1. The van der Waals surface area contributed by atoms with Crippen LogP contribution in [-0.4, -0.2) is 7.11 Å². The molecule has 1 aromatic rings. The van der Waals surface area contributed by atoms with Crippen LogP contribution in [0.5, 0.6) is 0 Å². The smallest absolute Gasteiger partial charge is 0.126 e. The van der Waals surface area contributed by atoms with E-state index in [2.05, 4.69) is 4.74 Å². The van der Waals surface area contributed by atoms with Crippen molar-refractivity contribution in [3.05, 3.63) is 41.7 Å². The summed E-state index contributed by atoms with van der Waals surface area (Å²) >= 11 is 0. The highest BCUT2D eigenvalue weighted by molar-refractivity contribution is 5.48. The Labute approximate surface area is 69.3 Å². The summed E-state index contributed by atoms with van der Waals surface area (Å²) in [5.74, 6) is -1.18. The molecule has 0 unspecified atom stereocenters. The standard InChI is InChI=1S/C9H8F2O/c1-12-3-2-7-4-8(10)6-9(11)5-7/h2-6H,1H3/b3-2-. The molecular weight excluding hydrogens is 162 g/mol. The normalized spacial score (nSPS) is 10.6. The first-order valence-electron chi connectivity index (χ1n) is 3.38. The molecule has 0 saturated carbocycles. The molecule has 0 aliphatic heterocycles. The molecule has 0 N–H and O–H groups in total. The van der Waals surface area contributed by atoms with Gasteiger partial charge >= 0.3 is 0 Å². The summed E-state index contributed by atoms with van der Waals surface area (Å²) in [6.07, 6.45) is 2.83. The topological polar surface area (TPSA) is 9.23 Å². The van der Waals surface area contributed by atoms with Crippen molar-refractivity contribution in [2.75, 3.05) is 7.11 Å². The van der Waals surface area contributed by atoms with Gasteiger partial charge in [0.15, 0.2) is 0 Å². The lowest BCUT2D eigenvalue weighted by molar-refractivity contribution is 0.341. The zero-order chi connectivity index (χ0) is 8.97. The molecule has 0 saturated heterocycles. The van der Waals surface area contributed by atoms with E-state index in [-0.39, 0.29) is 0 Å². The molecule has 1 rings (SSSR count). The third-order valence-electron chi connectivity index (χ3n) is 1.28. The summed E-state index contributed by atoms with van der Waals surface area (Å²) in [6, 6.07) is 3.27. The Morgan fingerprint density at radius 3 is 2.25 bits per heavy atom. The zero-order valence-corrected chi connectivity index (χ0v) is 6.55. The summed E-state index contributed by atoms with van der Waals surface area (Å²) in [5.41, 5.74) is 0.439. The van der Waals surface area contributed by atoms with Gasteiger partial charge in [-0.1, -0.05) is 0 Å². The first kappa shape index (κ1) is 8.71. The molecule has 0 heterocycles. The third kappa shape index (κ3) is 2.34. The van der Waals surface area contributed by atoms with Gasteiger partial charge in [0.25, 0.3) is 0 Å². The van der Waals surface area contributed by atoms with Crippen molar-refractivity contribution in [1.29, 1.82) is 0 Å². The minimum atomic E-state index is -0.592. The molecular formula is C9H8F2O. The van der Waals surface area contributed by atoms with Gasteiger partial charge in [-0.2, -0.15) is 0 Å². The Bertz CT molecular complexity index is 274. The lowest BCUT2D eigenvalue weighted by Crippen LogP contribution is -1.81. The molecule has 1 nitrogen and oxygen atoms in total. The van der Waals surface area contributed by atoms with Crippen LogP contribution in [0.4, 0.5) is 8.78 Å². The third-order valence-corrected chi connectivity index (χ3v) is 1.28. The Hall–Kier alpha value is -1.38. The molecule has 0 aliphatic rings. The second-order valence-electron chi connectivity index (χ2n) is 2.24. The van der Waals surface area contributed by atoms with Gasteiger partial charge in [0.2, 0.25) is 0 Å². The monoisotopic (exact) mass is 170 g/mol. The van der Waals surface area contributed by atoms with Crippen LogP contribution in [0.2, 0.25) is 0 Å². The summed E-state index contributed by atoms with van der Waals surface area (Å²) in [6.45, 7) is 0. The van der Waals surface area contributed by atoms with E-state index >= 15 is 0 Å². The maximum Gasteiger partial charge on any atom is 0.126 e. The van der Waals surface area contributed by atoms with Crippen LogP contribution in [0, 0.1) is 11.6 Å². The molecule has 0 atom stereocenters. The maximum absolute atomic E-state index is 12.5. The second kappa shape index (κ2) is 3.85. The van der Waals surface area contributed by atoms with Gasteiger partial charge in [0.1, 0.15) is 11.6 Å². The van der Waals surface area contributed by atoms with Crippen LogP contribution in [0.1, 0.15) is 5.56 Å². The van der Waals surface area contributed by atoms with E-state index < -0.39 is 11.6 Å². The first-order valence-corrected chi connectivity index (χ1v) is 3.38.